The first-order valence-corrected chi connectivity index (χ1v) is 6.59. The van der Waals surface area contributed by atoms with Crippen molar-refractivity contribution >= 4 is 11.6 Å². The topological polar surface area (TPSA) is 54.2 Å². The van der Waals surface area contributed by atoms with E-state index in [1.54, 1.807) is 12.6 Å². The van der Waals surface area contributed by atoms with Crippen molar-refractivity contribution in [2.75, 3.05) is 23.8 Å². The van der Waals surface area contributed by atoms with Gasteiger partial charge in [-0.05, 0) is 25.5 Å². The third-order valence-corrected chi connectivity index (χ3v) is 3.12. The Kier molecular flexibility index (Phi) is 4.39. The molecular formula is C14H20N4O. The molecule has 0 radical (unpaired) electrons. The van der Waals surface area contributed by atoms with E-state index in [4.69, 9.17) is 4.42 Å². The molecule has 0 amide bonds. The van der Waals surface area contributed by atoms with Crippen LogP contribution in [0.3, 0.4) is 0 Å². The second-order valence-electron chi connectivity index (χ2n) is 4.22. The van der Waals surface area contributed by atoms with Gasteiger partial charge >= 0.3 is 0 Å². The van der Waals surface area contributed by atoms with Crippen LogP contribution in [0.15, 0.2) is 29.1 Å². The van der Waals surface area contributed by atoms with E-state index in [1.807, 2.05) is 19.2 Å². The van der Waals surface area contributed by atoms with Crippen LogP contribution in [0, 0.1) is 0 Å². The summed E-state index contributed by atoms with van der Waals surface area (Å²) in [6, 6.07) is 3.89. The van der Waals surface area contributed by atoms with Gasteiger partial charge in [0.2, 0.25) is 0 Å². The lowest BCUT2D eigenvalue weighted by Gasteiger charge is -2.24. The standard InChI is InChI=1S/C14H20N4O/c1-4-12-13(15-3)16-10-17-14(12)18(5-2)9-11-7-6-8-19-11/h6-8,10H,4-5,9H2,1-3H3,(H,15,16,17). The van der Waals surface area contributed by atoms with Gasteiger partial charge in [0.25, 0.3) is 0 Å². The first-order chi connectivity index (χ1) is 9.30. The van der Waals surface area contributed by atoms with Crippen LogP contribution in [0.5, 0.6) is 0 Å². The minimum atomic E-state index is 0.719. The predicted octanol–water partition coefficient (Wildman–Crippen LogP) is 2.70. The van der Waals surface area contributed by atoms with E-state index in [0.29, 0.717) is 0 Å². The summed E-state index contributed by atoms with van der Waals surface area (Å²) < 4.78 is 5.42. The van der Waals surface area contributed by atoms with Crippen LogP contribution in [-0.2, 0) is 13.0 Å². The molecule has 19 heavy (non-hydrogen) atoms. The Labute approximate surface area is 113 Å². The summed E-state index contributed by atoms with van der Waals surface area (Å²) >= 11 is 0. The van der Waals surface area contributed by atoms with Crippen molar-refractivity contribution in [3.05, 3.63) is 36.0 Å². The van der Waals surface area contributed by atoms with E-state index in [2.05, 4.69) is 34.0 Å². The number of aromatic nitrogens is 2. The van der Waals surface area contributed by atoms with Crippen LogP contribution in [-0.4, -0.2) is 23.6 Å². The predicted molar refractivity (Wildman–Crippen MR) is 76.4 cm³/mol. The summed E-state index contributed by atoms with van der Waals surface area (Å²) in [6.45, 7) is 5.82. The smallest absolute Gasteiger partial charge is 0.137 e. The van der Waals surface area contributed by atoms with E-state index < -0.39 is 0 Å². The van der Waals surface area contributed by atoms with Gasteiger partial charge in [0.15, 0.2) is 0 Å². The highest BCUT2D eigenvalue weighted by Gasteiger charge is 2.15. The highest BCUT2D eigenvalue weighted by molar-refractivity contribution is 5.58. The maximum atomic E-state index is 5.42. The van der Waals surface area contributed by atoms with E-state index in [1.165, 1.54) is 0 Å². The van der Waals surface area contributed by atoms with Crippen LogP contribution in [0.4, 0.5) is 11.6 Å². The molecule has 0 aliphatic heterocycles. The number of nitrogens with one attached hydrogen (secondary N) is 1. The molecule has 0 bridgehead atoms. The minimum Gasteiger partial charge on any atom is -0.467 e. The molecule has 2 aromatic heterocycles. The van der Waals surface area contributed by atoms with Crippen molar-refractivity contribution in [3.8, 4) is 0 Å². The number of hydrogen-bond donors (Lipinski definition) is 1. The molecule has 0 fully saturated rings. The van der Waals surface area contributed by atoms with E-state index in [9.17, 15) is 0 Å². The van der Waals surface area contributed by atoms with Crippen LogP contribution in [0.25, 0.3) is 0 Å². The molecule has 0 atom stereocenters. The lowest BCUT2D eigenvalue weighted by atomic mass is 10.2. The molecule has 1 N–H and O–H groups in total. The molecule has 2 heterocycles. The van der Waals surface area contributed by atoms with Crippen molar-refractivity contribution in [2.24, 2.45) is 0 Å². The van der Waals surface area contributed by atoms with Gasteiger partial charge in [-0.2, -0.15) is 0 Å². The van der Waals surface area contributed by atoms with Gasteiger partial charge in [-0.15, -0.1) is 0 Å². The molecule has 2 rings (SSSR count). The molecule has 0 aliphatic rings. The number of hydrogen-bond acceptors (Lipinski definition) is 5. The van der Waals surface area contributed by atoms with Crippen LogP contribution >= 0.6 is 0 Å². The molecule has 0 saturated carbocycles. The van der Waals surface area contributed by atoms with Crippen LogP contribution in [0.2, 0.25) is 0 Å². The molecule has 5 nitrogen and oxygen atoms in total. The Balaban J connectivity index is 2.32. The largest absolute Gasteiger partial charge is 0.467 e. The SMILES string of the molecule is CCc1c(NC)ncnc1N(CC)Cc1ccco1. The zero-order chi connectivity index (χ0) is 13.7. The summed E-state index contributed by atoms with van der Waals surface area (Å²) in [6.07, 6.45) is 4.19. The number of anilines is 2. The van der Waals surface area contributed by atoms with Crippen LogP contribution < -0.4 is 10.2 Å². The van der Waals surface area contributed by atoms with E-state index >= 15 is 0 Å². The summed E-state index contributed by atoms with van der Waals surface area (Å²) in [5, 5.41) is 3.12. The van der Waals surface area contributed by atoms with Crippen molar-refractivity contribution < 1.29 is 4.42 Å². The maximum Gasteiger partial charge on any atom is 0.137 e. The normalized spacial score (nSPS) is 10.5. The third kappa shape index (κ3) is 2.86. The van der Waals surface area contributed by atoms with Gasteiger partial charge < -0.3 is 14.6 Å². The van der Waals surface area contributed by atoms with Crippen LogP contribution in [0.1, 0.15) is 25.2 Å². The summed E-state index contributed by atoms with van der Waals surface area (Å²) in [5.74, 6) is 2.81. The van der Waals surface area contributed by atoms with E-state index in [-0.39, 0.29) is 0 Å². The fraction of sp³-hybridized carbons (Fsp3) is 0.429. The van der Waals surface area contributed by atoms with Crippen molar-refractivity contribution in [1.82, 2.24) is 9.97 Å². The summed E-state index contributed by atoms with van der Waals surface area (Å²) in [4.78, 5) is 10.9. The number of nitrogens with zero attached hydrogens (tertiary/aromatic N) is 3. The zero-order valence-electron chi connectivity index (χ0n) is 11.7. The fourth-order valence-corrected chi connectivity index (χ4v) is 2.14. The van der Waals surface area contributed by atoms with Gasteiger partial charge in [0.05, 0.1) is 12.8 Å². The molecule has 0 saturated heterocycles. The Morgan fingerprint density at radius 3 is 2.74 bits per heavy atom. The summed E-state index contributed by atoms with van der Waals surface area (Å²) in [5.41, 5.74) is 1.14. The van der Waals surface area contributed by atoms with E-state index in [0.717, 1.165) is 42.5 Å². The van der Waals surface area contributed by atoms with Gasteiger partial charge in [-0.3, -0.25) is 0 Å². The second kappa shape index (κ2) is 6.22. The Morgan fingerprint density at radius 2 is 2.16 bits per heavy atom. The van der Waals surface area contributed by atoms with Crippen molar-refractivity contribution in [2.45, 2.75) is 26.8 Å². The maximum absolute atomic E-state index is 5.42. The fourth-order valence-electron chi connectivity index (χ4n) is 2.14. The molecule has 2 aromatic rings. The summed E-state index contributed by atoms with van der Waals surface area (Å²) in [7, 11) is 1.88. The van der Waals surface area contributed by atoms with Gasteiger partial charge in [0, 0.05) is 19.2 Å². The molecule has 0 aromatic carbocycles. The molecule has 0 spiro atoms. The number of rotatable bonds is 6. The van der Waals surface area contributed by atoms with Gasteiger partial charge in [0.1, 0.15) is 23.7 Å². The molecule has 0 aliphatic carbocycles. The Morgan fingerprint density at radius 1 is 1.32 bits per heavy atom. The van der Waals surface area contributed by atoms with Crippen molar-refractivity contribution in [3.63, 3.8) is 0 Å². The molecule has 5 heteroatoms. The van der Waals surface area contributed by atoms with Crippen molar-refractivity contribution in [1.29, 1.82) is 0 Å². The first-order valence-electron chi connectivity index (χ1n) is 6.59. The average molecular weight is 260 g/mol. The first kappa shape index (κ1) is 13.4. The lowest BCUT2D eigenvalue weighted by Crippen LogP contribution is -2.24. The highest BCUT2D eigenvalue weighted by atomic mass is 16.3. The second-order valence-corrected chi connectivity index (χ2v) is 4.22. The molecular weight excluding hydrogens is 240 g/mol. The third-order valence-electron chi connectivity index (χ3n) is 3.12. The molecule has 102 valence electrons. The average Bonchev–Trinajstić information content (AvgIpc) is 2.96. The monoisotopic (exact) mass is 260 g/mol. The zero-order valence-corrected chi connectivity index (χ0v) is 11.7. The number of furan rings is 1. The Hall–Kier alpha value is -2.04. The highest BCUT2D eigenvalue weighted by Crippen LogP contribution is 2.25. The quantitative estimate of drug-likeness (QED) is 0.865. The van der Waals surface area contributed by atoms with Gasteiger partial charge in [-0.1, -0.05) is 6.92 Å². The molecule has 0 unspecified atom stereocenters. The lowest BCUT2D eigenvalue weighted by molar-refractivity contribution is 0.502. The Bertz CT molecular complexity index is 510. The van der Waals surface area contributed by atoms with Gasteiger partial charge in [-0.25, -0.2) is 9.97 Å². The minimum absolute atomic E-state index is 0.719.